The first kappa shape index (κ1) is 17.0. The van der Waals surface area contributed by atoms with Gasteiger partial charge in [0.15, 0.2) is 0 Å². The quantitative estimate of drug-likeness (QED) is 0.434. The van der Waals surface area contributed by atoms with Crippen molar-refractivity contribution in [1.82, 2.24) is 0 Å². The van der Waals surface area contributed by atoms with Gasteiger partial charge in [-0.05, 0) is 0 Å². The molecule has 4 heteroatoms. The Labute approximate surface area is 70.7 Å². The van der Waals surface area contributed by atoms with Crippen molar-refractivity contribution in [2.75, 3.05) is 0 Å². The average Bonchev–Trinajstić information content (AvgIpc) is 1.00. The van der Waals surface area contributed by atoms with Crippen molar-refractivity contribution in [3.63, 3.8) is 0 Å². The van der Waals surface area contributed by atoms with Crippen molar-refractivity contribution in [2.45, 2.75) is 0 Å². The molecule has 0 saturated carbocycles. The summed E-state index contributed by atoms with van der Waals surface area (Å²) in [5, 5.41) is 0. The molecule has 0 aromatic rings. The maximum absolute atomic E-state index is 8.34. The van der Waals surface area contributed by atoms with Gasteiger partial charge in [-0.2, -0.15) is 0 Å². The fourth-order valence-corrected chi connectivity index (χ4v) is 0. The van der Waals surface area contributed by atoms with Crippen LogP contribution in [0.1, 0.15) is 2.85 Å². The molecule has 0 bridgehead atoms. The molecule has 0 amide bonds. The van der Waals surface area contributed by atoms with Crippen molar-refractivity contribution in [3.8, 4) is 0 Å². The third-order valence-corrected chi connectivity index (χ3v) is 0. The van der Waals surface area contributed by atoms with Gasteiger partial charge in [0.1, 0.15) is 0 Å². The van der Waals surface area contributed by atoms with E-state index in [0.717, 1.165) is 0 Å². The van der Waals surface area contributed by atoms with Gasteiger partial charge >= 0.3 is 63.3 Å². The summed E-state index contributed by atoms with van der Waals surface area (Å²) in [6, 6.07) is 0. The van der Waals surface area contributed by atoms with Crippen molar-refractivity contribution < 1.29 is 11.4 Å². The first-order chi connectivity index (χ1) is 1.00. The maximum atomic E-state index is 8.34. The summed E-state index contributed by atoms with van der Waals surface area (Å²) in [7, 11) is 0. The molecule has 22 valence electrons. The fraction of sp³-hybridized carbons (Fsp3) is 0. The molecule has 0 aromatic heterocycles. The van der Waals surface area contributed by atoms with E-state index in [4.69, 9.17) is 3.08 Å². The SMILES string of the molecule is O.[Ca+2].[H-].[H-].[O]=[Sn]. The molecule has 0 aliphatic heterocycles. The minimum atomic E-state index is 0. The second-order valence-corrected chi connectivity index (χ2v) is 0. The van der Waals surface area contributed by atoms with Crippen molar-refractivity contribution >= 4 is 60.2 Å². The Morgan fingerprint density at radius 3 is 1.50 bits per heavy atom. The van der Waals surface area contributed by atoms with E-state index in [9.17, 15) is 0 Å². The predicted octanol–water partition coefficient (Wildman–Crippen LogP) is -1.48. The average molecular weight is 195 g/mol. The van der Waals surface area contributed by atoms with Crippen LogP contribution in [0.3, 0.4) is 0 Å². The summed E-state index contributed by atoms with van der Waals surface area (Å²) in [6.07, 6.45) is 0. The van der Waals surface area contributed by atoms with Crippen LogP contribution in [-0.2, 0) is 3.08 Å². The van der Waals surface area contributed by atoms with Crippen LogP contribution in [-0.4, -0.2) is 65.7 Å². The van der Waals surface area contributed by atoms with Crippen LogP contribution in [0.4, 0.5) is 0 Å². The molecule has 0 spiro atoms. The van der Waals surface area contributed by atoms with Crippen LogP contribution in [0.5, 0.6) is 0 Å². The topological polar surface area (TPSA) is 48.6 Å². The Hall–Kier alpha value is 1.82. The number of hydrogen-bond donors (Lipinski definition) is 0. The van der Waals surface area contributed by atoms with Gasteiger partial charge < -0.3 is 8.33 Å². The third kappa shape index (κ3) is 9.17. The molecule has 0 aromatic carbocycles. The number of rotatable bonds is 0. The summed E-state index contributed by atoms with van der Waals surface area (Å²) in [4.78, 5) is 0. The summed E-state index contributed by atoms with van der Waals surface area (Å²) < 4.78 is 8.34. The molecular formula is H4CaO2Sn. The number of hydrogen-bond acceptors (Lipinski definition) is 1. The molecular weight excluding hydrogens is 191 g/mol. The molecule has 2 nitrogen and oxygen atoms in total. The predicted molar refractivity (Wildman–Crippen MR) is 18.0 cm³/mol. The molecule has 0 aliphatic rings. The van der Waals surface area contributed by atoms with Crippen molar-refractivity contribution in [2.24, 2.45) is 0 Å². The van der Waals surface area contributed by atoms with E-state index in [-0.39, 0.29) is 46.1 Å². The van der Waals surface area contributed by atoms with E-state index in [1.165, 1.54) is 0 Å². The van der Waals surface area contributed by atoms with E-state index in [2.05, 4.69) is 0 Å². The first-order valence-corrected chi connectivity index (χ1v) is 1.37. The third-order valence-electron chi connectivity index (χ3n) is 0. The van der Waals surface area contributed by atoms with Gasteiger partial charge in [0.2, 0.25) is 0 Å². The Morgan fingerprint density at radius 1 is 1.50 bits per heavy atom. The molecule has 0 aliphatic carbocycles. The molecule has 2 radical (unpaired) electrons. The zero-order chi connectivity index (χ0) is 2.00. The molecule has 0 fully saturated rings. The van der Waals surface area contributed by atoms with Crippen LogP contribution in [0.2, 0.25) is 0 Å². The van der Waals surface area contributed by atoms with E-state index in [1.807, 2.05) is 0 Å². The summed E-state index contributed by atoms with van der Waals surface area (Å²) in [5.74, 6) is 0. The van der Waals surface area contributed by atoms with Gasteiger partial charge in [0.05, 0.1) is 0 Å². The molecule has 0 rings (SSSR count). The van der Waals surface area contributed by atoms with Crippen LogP contribution >= 0.6 is 0 Å². The van der Waals surface area contributed by atoms with Crippen molar-refractivity contribution in [3.05, 3.63) is 0 Å². The van der Waals surface area contributed by atoms with E-state index < -0.39 is 0 Å². The zero-order valence-corrected chi connectivity index (χ0v) is 7.18. The van der Waals surface area contributed by atoms with E-state index in [0.29, 0.717) is 22.5 Å². The van der Waals surface area contributed by atoms with Gasteiger partial charge in [0, 0.05) is 0 Å². The fourth-order valence-electron chi connectivity index (χ4n) is 0. The Balaban J connectivity index is -0.000000000833. The standard InChI is InChI=1S/Ca.H2O.O.Sn.2H/h;1H2;;;;/q+2;;;;2*-1. The molecule has 0 unspecified atom stereocenters. The molecule has 0 heterocycles. The second kappa shape index (κ2) is 21.2. The molecule has 0 atom stereocenters. The second-order valence-electron chi connectivity index (χ2n) is 0. The molecule has 2 N–H and O–H groups in total. The van der Waals surface area contributed by atoms with Crippen LogP contribution in [0.15, 0.2) is 0 Å². The Kier molecular flexibility index (Phi) is 90.3. The molecule has 4 heavy (non-hydrogen) atoms. The first-order valence-electron chi connectivity index (χ1n) is 0.204. The van der Waals surface area contributed by atoms with E-state index >= 15 is 0 Å². The van der Waals surface area contributed by atoms with Crippen LogP contribution < -0.4 is 0 Å². The zero-order valence-electron chi connectivity index (χ0n) is 4.12. The van der Waals surface area contributed by atoms with E-state index in [1.54, 1.807) is 0 Å². The van der Waals surface area contributed by atoms with Crippen molar-refractivity contribution in [1.29, 1.82) is 0 Å². The summed E-state index contributed by atoms with van der Waals surface area (Å²) >= 11 is 0.300. The monoisotopic (exact) mass is 196 g/mol. The van der Waals surface area contributed by atoms with Crippen LogP contribution in [0, 0.1) is 0 Å². The van der Waals surface area contributed by atoms with Gasteiger partial charge in [-0.25, -0.2) is 0 Å². The normalized spacial score (nSPS) is 1.00. The molecule has 0 saturated heterocycles. The van der Waals surface area contributed by atoms with Gasteiger partial charge in [-0.3, -0.25) is 0 Å². The van der Waals surface area contributed by atoms with Crippen LogP contribution in [0.25, 0.3) is 0 Å². The van der Waals surface area contributed by atoms with Gasteiger partial charge in [-0.15, -0.1) is 0 Å². The Morgan fingerprint density at radius 2 is 1.50 bits per heavy atom. The Bertz CT molecular complexity index is 11.5. The summed E-state index contributed by atoms with van der Waals surface area (Å²) in [6.45, 7) is 0. The minimum absolute atomic E-state index is 0. The summed E-state index contributed by atoms with van der Waals surface area (Å²) in [5.41, 5.74) is 0. The van der Waals surface area contributed by atoms with Gasteiger partial charge in [0.25, 0.3) is 0 Å². The van der Waals surface area contributed by atoms with Gasteiger partial charge in [-0.1, -0.05) is 0 Å².